The molecule has 5 heteroatoms. The molecule has 4 fully saturated rings. The van der Waals surface area contributed by atoms with Crippen molar-refractivity contribution in [2.75, 3.05) is 39.5 Å². The molecule has 0 radical (unpaired) electrons. The van der Waals surface area contributed by atoms with Gasteiger partial charge in [-0.25, -0.2) is 0 Å². The molecule has 3 saturated heterocycles. The van der Waals surface area contributed by atoms with E-state index in [1.165, 1.54) is 44.5 Å². The molecule has 5 rings (SSSR count). The molecule has 4 aliphatic rings. The van der Waals surface area contributed by atoms with E-state index in [1.807, 2.05) is 12.3 Å². The Bertz CT molecular complexity index is 607. The molecule has 0 amide bonds. The van der Waals surface area contributed by atoms with Gasteiger partial charge < -0.3 is 9.47 Å². The van der Waals surface area contributed by atoms with Gasteiger partial charge in [0.05, 0.1) is 17.3 Å². The lowest BCUT2D eigenvalue weighted by molar-refractivity contribution is -0.218. The number of hydrogen-bond acceptors (Lipinski definition) is 5. The number of nitrogens with zero attached hydrogens (tertiary/aromatic N) is 3. The van der Waals surface area contributed by atoms with Crippen molar-refractivity contribution in [1.29, 1.82) is 0 Å². The van der Waals surface area contributed by atoms with Crippen molar-refractivity contribution >= 4 is 0 Å². The third-order valence-electron chi connectivity index (χ3n) is 7.23. The molecule has 5 nitrogen and oxygen atoms in total. The maximum atomic E-state index is 6.40. The summed E-state index contributed by atoms with van der Waals surface area (Å²) in [5.41, 5.74) is 1.45. The van der Waals surface area contributed by atoms with Crippen molar-refractivity contribution in [1.82, 2.24) is 14.8 Å². The summed E-state index contributed by atoms with van der Waals surface area (Å²) >= 11 is 0. The molecule has 1 spiro atoms. The van der Waals surface area contributed by atoms with Gasteiger partial charge in [0, 0.05) is 58.2 Å². The van der Waals surface area contributed by atoms with Crippen molar-refractivity contribution < 1.29 is 9.47 Å². The highest BCUT2D eigenvalue weighted by molar-refractivity contribution is 5.12. The lowest BCUT2D eigenvalue weighted by Gasteiger charge is -2.63. The van der Waals surface area contributed by atoms with Gasteiger partial charge >= 0.3 is 0 Å². The van der Waals surface area contributed by atoms with E-state index < -0.39 is 0 Å². The van der Waals surface area contributed by atoms with Crippen molar-refractivity contribution in [3.8, 4) is 0 Å². The minimum Gasteiger partial charge on any atom is -0.381 e. The second-order valence-corrected chi connectivity index (χ2v) is 8.96. The maximum absolute atomic E-state index is 6.40. The van der Waals surface area contributed by atoms with Crippen LogP contribution in [0.25, 0.3) is 0 Å². The first-order chi connectivity index (χ1) is 13.3. The molecule has 3 aliphatic heterocycles. The highest BCUT2D eigenvalue weighted by atomic mass is 16.5. The normalized spacial score (nSPS) is 29.7. The van der Waals surface area contributed by atoms with Crippen LogP contribution in [0.4, 0.5) is 0 Å². The predicted octanol–water partition coefficient (Wildman–Crippen LogP) is 2.71. The van der Waals surface area contributed by atoms with Crippen LogP contribution in [0.1, 0.15) is 44.2 Å². The zero-order chi connectivity index (χ0) is 18.1. The van der Waals surface area contributed by atoms with Gasteiger partial charge in [-0.2, -0.15) is 0 Å². The molecule has 1 saturated carbocycles. The van der Waals surface area contributed by atoms with Gasteiger partial charge in [-0.1, -0.05) is 6.07 Å². The molecule has 0 bridgehead atoms. The van der Waals surface area contributed by atoms with Crippen LogP contribution in [0.5, 0.6) is 0 Å². The van der Waals surface area contributed by atoms with Gasteiger partial charge in [0.15, 0.2) is 0 Å². The Hall–Kier alpha value is -1.01. The van der Waals surface area contributed by atoms with Crippen molar-refractivity contribution in [3.63, 3.8) is 0 Å². The number of piperidine rings is 1. The molecule has 148 valence electrons. The van der Waals surface area contributed by atoms with Crippen LogP contribution in [0, 0.1) is 5.92 Å². The fourth-order valence-electron chi connectivity index (χ4n) is 5.30. The average Bonchev–Trinajstić information content (AvgIpc) is 3.54. The first kappa shape index (κ1) is 18.0. The van der Waals surface area contributed by atoms with Crippen LogP contribution >= 0.6 is 0 Å². The molecule has 1 aromatic rings. The zero-order valence-corrected chi connectivity index (χ0v) is 16.4. The molecule has 1 aromatic heterocycles. The second kappa shape index (κ2) is 7.78. The molecule has 1 aliphatic carbocycles. The maximum Gasteiger partial charge on any atom is 0.0887 e. The zero-order valence-electron chi connectivity index (χ0n) is 16.4. The Morgan fingerprint density at radius 3 is 2.63 bits per heavy atom. The van der Waals surface area contributed by atoms with Gasteiger partial charge in [0.2, 0.25) is 0 Å². The van der Waals surface area contributed by atoms with Crippen LogP contribution in [-0.4, -0.2) is 71.9 Å². The van der Waals surface area contributed by atoms with Gasteiger partial charge in [0.1, 0.15) is 0 Å². The Labute approximate surface area is 163 Å². The van der Waals surface area contributed by atoms with Gasteiger partial charge in [-0.3, -0.25) is 14.8 Å². The van der Waals surface area contributed by atoms with Gasteiger partial charge in [0.25, 0.3) is 0 Å². The van der Waals surface area contributed by atoms with E-state index in [0.29, 0.717) is 12.1 Å². The number of hydrogen-bond donors (Lipinski definition) is 0. The summed E-state index contributed by atoms with van der Waals surface area (Å²) in [4.78, 5) is 9.87. The lowest BCUT2D eigenvalue weighted by Crippen LogP contribution is -2.76. The number of pyridine rings is 1. The highest BCUT2D eigenvalue weighted by Gasteiger charge is 2.57. The van der Waals surface area contributed by atoms with E-state index in [2.05, 4.69) is 26.9 Å². The fourth-order valence-corrected chi connectivity index (χ4v) is 5.30. The van der Waals surface area contributed by atoms with Crippen LogP contribution in [0.2, 0.25) is 0 Å². The van der Waals surface area contributed by atoms with Crippen LogP contribution in [0.3, 0.4) is 0 Å². The van der Waals surface area contributed by atoms with E-state index >= 15 is 0 Å². The third-order valence-corrected chi connectivity index (χ3v) is 7.23. The van der Waals surface area contributed by atoms with E-state index in [1.54, 1.807) is 0 Å². The van der Waals surface area contributed by atoms with Crippen LogP contribution in [0.15, 0.2) is 24.4 Å². The number of likely N-dealkylation sites (tertiary alicyclic amines) is 2. The summed E-state index contributed by atoms with van der Waals surface area (Å²) in [6.07, 6.45) is 9.93. The van der Waals surface area contributed by atoms with Crippen molar-refractivity contribution in [2.45, 2.75) is 62.8 Å². The summed E-state index contributed by atoms with van der Waals surface area (Å²) in [7, 11) is 0. The first-order valence-electron chi connectivity index (χ1n) is 10.9. The second-order valence-electron chi connectivity index (χ2n) is 8.96. The smallest absolute Gasteiger partial charge is 0.0887 e. The lowest BCUT2D eigenvalue weighted by atomic mass is 9.73. The Morgan fingerprint density at radius 1 is 1.11 bits per heavy atom. The molecule has 1 atom stereocenters. The average molecular weight is 372 g/mol. The summed E-state index contributed by atoms with van der Waals surface area (Å²) in [6, 6.07) is 6.93. The molecular formula is C22H33N3O2. The standard InChI is InChI=1S/C22H33N3O2/c1-2-10-23-19(3-1)15-24-11-6-20(7-12-24)25-16-21(27-17-18-4-5-18)22(25)8-13-26-14-9-22/h1-3,10,18,20-21H,4-9,11-17H2/t21-/m0/s1. The van der Waals surface area contributed by atoms with E-state index in [0.717, 1.165) is 51.7 Å². The minimum absolute atomic E-state index is 0.265. The molecule has 0 aromatic carbocycles. The summed E-state index contributed by atoms with van der Waals surface area (Å²) in [6.45, 7) is 7.27. The monoisotopic (exact) mass is 371 g/mol. The predicted molar refractivity (Wildman–Crippen MR) is 104 cm³/mol. The number of rotatable bonds is 6. The summed E-state index contributed by atoms with van der Waals surface area (Å²) in [5.74, 6) is 0.853. The third kappa shape index (κ3) is 3.80. The Morgan fingerprint density at radius 2 is 1.93 bits per heavy atom. The van der Waals surface area contributed by atoms with E-state index in [4.69, 9.17) is 9.47 Å². The molecule has 0 N–H and O–H groups in total. The van der Waals surface area contributed by atoms with E-state index in [-0.39, 0.29) is 5.54 Å². The minimum atomic E-state index is 0.265. The van der Waals surface area contributed by atoms with Crippen LogP contribution in [-0.2, 0) is 16.0 Å². The van der Waals surface area contributed by atoms with Crippen LogP contribution < -0.4 is 0 Å². The van der Waals surface area contributed by atoms with Gasteiger partial charge in [-0.15, -0.1) is 0 Å². The molecule has 27 heavy (non-hydrogen) atoms. The highest BCUT2D eigenvalue weighted by Crippen LogP contribution is 2.45. The quantitative estimate of drug-likeness (QED) is 0.769. The summed E-state index contributed by atoms with van der Waals surface area (Å²) < 4.78 is 12.1. The Kier molecular flexibility index (Phi) is 5.20. The largest absolute Gasteiger partial charge is 0.381 e. The molecular weight excluding hydrogens is 338 g/mol. The van der Waals surface area contributed by atoms with Crippen molar-refractivity contribution in [2.24, 2.45) is 5.92 Å². The molecule has 0 unspecified atom stereocenters. The van der Waals surface area contributed by atoms with Crippen molar-refractivity contribution in [3.05, 3.63) is 30.1 Å². The topological polar surface area (TPSA) is 37.8 Å². The van der Waals surface area contributed by atoms with E-state index in [9.17, 15) is 0 Å². The first-order valence-corrected chi connectivity index (χ1v) is 10.9. The SMILES string of the molecule is c1ccc(CN2CCC(N3C[C@H](OCC4CC4)C34CCOCC4)CC2)nc1. The Balaban J connectivity index is 1.17. The number of ether oxygens (including phenoxy) is 2. The summed E-state index contributed by atoms with van der Waals surface area (Å²) in [5, 5.41) is 0. The fraction of sp³-hybridized carbons (Fsp3) is 0.773. The van der Waals surface area contributed by atoms with Gasteiger partial charge in [-0.05, 0) is 56.6 Å². The number of aromatic nitrogens is 1. The molecule has 4 heterocycles.